The quantitative estimate of drug-likeness (QED) is 0.808. The number of piperidine rings is 1. The predicted molar refractivity (Wildman–Crippen MR) is 84.6 cm³/mol. The SMILES string of the molecule is NC(=O)[C@@H]1CCCCN1C(=O)COC(=O)Cc1c(F)cccc1Cl. The molecular formula is C16H18ClFN2O4. The standard InChI is InChI=1S/C16H18ClFN2O4/c17-11-4-3-5-12(18)10(11)8-15(22)24-9-14(21)20-7-2-1-6-13(20)16(19)23/h3-5,13H,1-2,6-9H2,(H2,19,23)/t13-/m0/s1. The maximum absolute atomic E-state index is 13.6. The number of esters is 1. The van der Waals surface area contributed by atoms with Crippen molar-refractivity contribution in [1.29, 1.82) is 0 Å². The number of hydrogen-bond acceptors (Lipinski definition) is 4. The highest BCUT2D eigenvalue weighted by atomic mass is 35.5. The summed E-state index contributed by atoms with van der Waals surface area (Å²) >= 11 is 5.84. The van der Waals surface area contributed by atoms with Gasteiger partial charge in [0.05, 0.1) is 6.42 Å². The Bertz CT molecular complexity index is 633. The summed E-state index contributed by atoms with van der Waals surface area (Å²) in [5.74, 6) is -2.46. The molecule has 1 heterocycles. The third-order valence-corrected chi connectivity index (χ3v) is 4.25. The zero-order valence-corrected chi connectivity index (χ0v) is 13.7. The van der Waals surface area contributed by atoms with Gasteiger partial charge in [-0.05, 0) is 31.4 Å². The molecule has 0 unspecified atom stereocenters. The van der Waals surface area contributed by atoms with E-state index in [4.69, 9.17) is 22.1 Å². The summed E-state index contributed by atoms with van der Waals surface area (Å²) in [5.41, 5.74) is 5.31. The van der Waals surface area contributed by atoms with Crippen molar-refractivity contribution in [3.8, 4) is 0 Å². The lowest BCUT2D eigenvalue weighted by Crippen LogP contribution is -2.51. The van der Waals surface area contributed by atoms with Crippen LogP contribution >= 0.6 is 11.6 Å². The fourth-order valence-corrected chi connectivity index (χ4v) is 2.88. The first-order valence-corrected chi connectivity index (χ1v) is 7.95. The molecule has 0 spiro atoms. The first-order valence-electron chi connectivity index (χ1n) is 7.57. The second-order valence-electron chi connectivity index (χ2n) is 5.54. The highest BCUT2D eigenvalue weighted by Crippen LogP contribution is 2.20. The van der Waals surface area contributed by atoms with Gasteiger partial charge in [0.15, 0.2) is 6.61 Å². The van der Waals surface area contributed by atoms with Crippen molar-refractivity contribution in [3.05, 3.63) is 34.6 Å². The topological polar surface area (TPSA) is 89.7 Å². The number of carbonyl (C=O) groups excluding carboxylic acids is 3. The van der Waals surface area contributed by atoms with E-state index in [-0.39, 0.29) is 17.0 Å². The average Bonchev–Trinajstić information content (AvgIpc) is 2.56. The molecule has 2 N–H and O–H groups in total. The Morgan fingerprint density at radius 1 is 1.33 bits per heavy atom. The van der Waals surface area contributed by atoms with Crippen molar-refractivity contribution in [2.24, 2.45) is 5.73 Å². The predicted octanol–water partition coefficient (Wildman–Crippen LogP) is 1.43. The van der Waals surface area contributed by atoms with E-state index in [0.717, 1.165) is 12.8 Å². The van der Waals surface area contributed by atoms with E-state index < -0.39 is 36.2 Å². The molecule has 6 nitrogen and oxygen atoms in total. The molecule has 24 heavy (non-hydrogen) atoms. The van der Waals surface area contributed by atoms with Crippen LogP contribution in [0.25, 0.3) is 0 Å². The molecule has 0 aliphatic carbocycles. The first-order chi connectivity index (χ1) is 11.4. The van der Waals surface area contributed by atoms with Crippen LogP contribution < -0.4 is 5.73 Å². The molecule has 1 aromatic rings. The zero-order chi connectivity index (χ0) is 17.7. The molecular weight excluding hydrogens is 339 g/mol. The average molecular weight is 357 g/mol. The number of rotatable bonds is 5. The van der Waals surface area contributed by atoms with Gasteiger partial charge in [-0.1, -0.05) is 17.7 Å². The van der Waals surface area contributed by atoms with Crippen molar-refractivity contribution in [1.82, 2.24) is 4.90 Å². The van der Waals surface area contributed by atoms with Crippen molar-refractivity contribution in [3.63, 3.8) is 0 Å². The summed E-state index contributed by atoms with van der Waals surface area (Å²) in [5, 5.41) is 0.114. The van der Waals surface area contributed by atoms with E-state index in [1.54, 1.807) is 0 Å². The van der Waals surface area contributed by atoms with Gasteiger partial charge in [0.2, 0.25) is 5.91 Å². The number of primary amides is 1. The Morgan fingerprint density at radius 3 is 2.75 bits per heavy atom. The molecule has 0 saturated carbocycles. The minimum absolute atomic E-state index is 0.0181. The van der Waals surface area contributed by atoms with Crippen LogP contribution in [0.5, 0.6) is 0 Å². The monoisotopic (exact) mass is 356 g/mol. The molecule has 0 radical (unpaired) electrons. The molecule has 1 aromatic carbocycles. The summed E-state index contributed by atoms with van der Waals surface area (Å²) < 4.78 is 18.5. The van der Waals surface area contributed by atoms with Crippen LogP contribution in [-0.2, 0) is 25.5 Å². The largest absolute Gasteiger partial charge is 0.455 e. The van der Waals surface area contributed by atoms with Gasteiger partial charge in [0.25, 0.3) is 5.91 Å². The van der Waals surface area contributed by atoms with Gasteiger partial charge < -0.3 is 15.4 Å². The van der Waals surface area contributed by atoms with Crippen molar-refractivity contribution in [2.75, 3.05) is 13.2 Å². The maximum atomic E-state index is 13.6. The molecule has 1 atom stereocenters. The highest BCUT2D eigenvalue weighted by molar-refractivity contribution is 6.31. The molecule has 1 fully saturated rings. The van der Waals surface area contributed by atoms with Gasteiger partial charge >= 0.3 is 5.97 Å². The fourth-order valence-electron chi connectivity index (χ4n) is 2.65. The molecule has 2 amide bonds. The number of nitrogens with two attached hydrogens (primary N) is 1. The number of nitrogens with zero attached hydrogens (tertiary/aromatic N) is 1. The second-order valence-corrected chi connectivity index (χ2v) is 5.95. The van der Waals surface area contributed by atoms with Crippen LogP contribution in [0.2, 0.25) is 5.02 Å². The van der Waals surface area contributed by atoms with Crippen LogP contribution in [-0.4, -0.2) is 41.9 Å². The molecule has 0 bridgehead atoms. The highest BCUT2D eigenvalue weighted by Gasteiger charge is 2.31. The smallest absolute Gasteiger partial charge is 0.310 e. The van der Waals surface area contributed by atoms with Gasteiger partial charge in [0.1, 0.15) is 11.9 Å². The number of hydrogen-bond donors (Lipinski definition) is 1. The number of ether oxygens (including phenoxy) is 1. The lowest BCUT2D eigenvalue weighted by Gasteiger charge is -2.33. The van der Waals surface area contributed by atoms with Gasteiger partial charge in [-0.25, -0.2) is 4.39 Å². The number of benzene rings is 1. The summed E-state index contributed by atoms with van der Waals surface area (Å²) in [6, 6.07) is 3.40. The van der Waals surface area contributed by atoms with Gasteiger partial charge in [-0.2, -0.15) is 0 Å². The Balaban J connectivity index is 1.91. The number of carbonyl (C=O) groups is 3. The summed E-state index contributed by atoms with van der Waals surface area (Å²) in [6.07, 6.45) is 1.69. The normalized spacial score (nSPS) is 17.4. The maximum Gasteiger partial charge on any atom is 0.310 e. The van der Waals surface area contributed by atoms with Gasteiger partial charge in [-0.15, -0.1) is 0 Å². The Kier molecular flexibility index (Phi) is 6.14. The van der Waals surface area contributed by atoms with E-state index in [2.05, 4.69) is 0 Å². The summed E-state index contributed by atoms with van der Waals surface area (Å²) in [4.78, 5) is 36.7. The Morgan fingerprint density at radius 2 is 2.08 bits per heavy atom. The first kappa shape index (κ1) is 18.2. The molecule has 2 rings (SSSR count). The molecule has 1 saturated heterocycles. The molecule has 130 valence electrons. The van der Waals surface area contributed by atoms with Crippen LogP contribution in [0.3, 0.4) is 0 Å². The summed E-state index contributed by atoms with van der Waals surface area (Å²) in [7, 11) is 0. The Labute approximate surface area is 143 Å². The molecule has 1 aliphatic rings. The lowest BCUT2D eigenvalue weighted by atomic mass is 10.0. The van der Waals surface area contributed by atoms with E-state index in [1.165, 1.54) is 23.1 Å². The Hall–Kier alpha value is -2.15. The number of halogens is 2. The van der Waals surface area contributed by atoms with Crippen LogP contribution in [0.15, 0.2) is 18.2 Å². The zero-order valence-electron chi connectivity index (χ0n) is 13.0. The summed E-state index contributed by atoms with van der Waals surface area (Å²) in [6.45, 7) is -0.127. The van der Waals surface area contributed by atoms with E-state index >= 15 is 0 Å². The van der Waals surface area contributed by atoms with Crippen molar-refractivity contribution >= 4 is 29.4 Å². The molecule has 0 aromatic heterocycles. The second kappa shape index (κ2) is 8.10. The van der Waals surface area contributed by atoms with Crippen molar-refractivity contribution < 1.29 is 23.5 Å². The van der Waals surface area contributed by atoms with E-state index in [9.17, 15) is 18.8 Å². The molecule has 8 heteroatoms. The van der Waals surface area contributed by atoms with E-state index in [1.807, 2.05) is 0 Å². The van der Waals surface area contributed by atoms with Gasteiger partial charge in [0, 0.05) is 17.1 Å². The fraction of sp³-hybridized carbons (Fsp3) is 0.438. The van der Waals surface area contributed by atoms with Crippen LogP contribution in [0.4, 0.5) is 4.39 Å². The number of amides is 2. The minimum Gasteiger partial charge on any atom is -0.455 e. The van der Waals surface area contributed by atoms with E-state index in [0.29, 0.717) is 13.0 Å². The lowest BCUT2D eigenvalue weighted by molar-refractivity contribution is -0.154. The third kappa shape index (κ3) is 4.44. The minimum atomic E-state index is -0.775. The third-order valence-electron chi connectivity index (χ3n) is 3.89. The number of likely N-dealkylation sites (tertiary alicyclic amines) is 1. The van der Waals surface area contributed by atoms with Gasteiger partial charge in [-0.3, -0.25) is 14.4 Å². The molecule has 1 aliphatic heterocycles. The van der Waals surface area contributed by atoms with Crippen LogP contribution in [0, 0.1) is 5.82 Å². The van der Waals surface area contributed by atoms with Crippen LogP contribution in [0.1, 0.15) is 24.8 Å². The van der Waals surface area contributed by atoms with Crippen molar-refractivity contribution in [2.45, 2.75) is 31.7 Å².